The molecular weight excluding hydrogens is 303 g/mol. The number of rotatable bonds is 4. The van der Waals surface area contributed by atoms with Crippen LogP contribution in [0.1, 0.15) is 23.6 Å². The number of ether oxygens (including phenoxy) is 1. The van der Waals surface area contributed by atoms with Crippen molar-refractivity contribution >= 4 is 27.5 Å². The fraction of sp³-hybridized carbons (Fsp3) is 0.231. The molecule has 1 heterocycles. The van der Waals surface area contributed by atoms with Crippen molar-refractivity contribution in [3.05, 3.63) is 52.4 Å². The number of halogens is 2. The van der Waals surface area contributed by atoms with Crippen molar-refractivity contribution < 1.29 is 9.15 Å². The predicted octanol–water partition coefficient (Wildman–Crippen LogP) is 4.77. The normalized spacial score (nSPS) is 12.4. The largest absolute Gasteiger partial charge is 0.494 e. The number of hydrogen-bond acceptors (Lipinski definition) is 2. The zero-order valence-corrected chi connectivity index (χ0v) is 11.7. The second kappa shape index (κ2) is 5.61. The van der Waals surface area contributed by atoms with Crippen molar-refractivity contribution in [2.24, 2.45) is 0 Å². The van der Waals surface area contributed by atoms with Crippen LogP contribution in [0.25, 0.3) is 0 Å². The van der Waals surface area contributed by atoms with Crippen LogP contribution in [0, 0.1) is 0 Å². The van der Waals surface area contributed by atoms with Gasteiger partial charge >= 0.3 is 0 Å². The maximum atomic E-state index is 6.32. The summed E-state index contributed by atoms with van der Waals surface area (Å²) in [5, 5.41) is -0.281. The smallest absolute Gasteiger partial charge is 0.169 e. The zero-order chi connectivity index (χ0) is 12.3. The fourth-order valence-electron chi connectivity index (χ4n) is 1.53. The van der Waals surface area contributed by atoms with Gasteiger partial charge in [0.25, 0.3) is 0 Å². The molecule has 0 aliphatic carbocycles. The van der Waals surface area contributed by atoms with E-state index in [1.807, 2.05) is 43.3 Å². The summed E-state index contributed by atoms with van der Waals surface area (Å²) in [6.45, 7) is 2.62. The fourth-order valence-corrected chi connectivity index (χ4v) is 2.11. The van der Waals surface area contributed by atoms with Crippen LogP contribution in [0.4, 0.5) is 0 Å². The van der Waals surface area contributed by atoms with Crippen LogP contribution in [0.2, 0.25) is 0 Å². The Morgan fingerprint density at radius 1 is 1.24 bits per heavy atom. The van der Waals surface area contributed by atoms with Gasteiger partial charge in [-0.3, -0.25) is 0 Å². The van der Waals surface area contributed by atoms with Crippen LogP contribution in [0.3, 0.4) is 0 Å². The summed E-state index contributed by atoms with van der Waals surface area (Å²) < 4.78 is 11.5. The van der Waals surface area contributed by atoms with Gasteiger partial charge in [0.2, 0.25) is 0 Å². The van der Waals surface area contributed by atoms with Crippen molar-refractivity contribution in [3.63, 3.8) is 0 Å². The van der Waals surface area contributed by atoms with Crippen molar-refractivity contribution in [1.82, 2.24) is 0 Å². The molecule has 0 saturated carbocycles. The van der Waals surface area contributed by atoms with Gasteiger partial charge in [-0.2, -0.15) is 0 Å². The Hall–Kier alpha value is -0.930. The van der Waals surface area contributed by atoms with E-state index in [0.717, 1.165) is 17.1 Å². The van der Waals surface area contributed by atoms with Crippen molar-refractivity contribution in [2.45, 2.75) is 12.3 Å². The highest BCUT2D eigenvalue weighted by Crippen LogP contribution is 2.32. The van der Waals surface area contributed by atoms with Gasteiger partial charge in [-0.15, -0.1) is 11.6 Å². The van der Waals surface area contributed by atoms with Crippen LogP contribution < -0.4 is 4.74 Å². The minimum Gasteiger partial charge on any atom is -0.494 e. The topological polar surface area (TPSA) is 22.4 Å². The molecule has 1 unspecified atom stereocenters. The third-order valence-electron chi connectivity index (χ3n) is 2.33. The molecule has 2 rings (SSSR count). The van der Waals surface area contributed by atoms with Gasteiger partial charge in [0.05, 0.1) is 6.61 Å². The van der Waals surface area contributed by atoms with E-state index in [-0.39, 0.29) is 5.38 Å². The van der Waals surface area contributed by atoms with E-state index < -0.39 is 0 Å². The Balaban J connectivity index is 2.16. The van der Waals surface area contributed by atoms with Crippen LogP contribution in [0.5, 0.6) is 5.75 Å². The van der Waals surface area contributed by atoms with Gasteiger partial charge in [0.15, 0.2) is 4.67 Å². The van der Waals surface area contributed by atoms with Gasteiger partial charge in [-0.1, -0.05) is 12.1 Å². The third kappa shape index (κ3) is 3.05. The maximum absolute atomic E-state index is 6.32. The molecule has 0 aliphatic rings. The lowest BCUT2D eigenvalue weighted by molar-refractivity contribution is 0.340. The van der Waals surface area contributed by atoms with Crippen LogP contribution in [-0.4, -0.2) is 6.61 Å². The van der Waals surface area contributed by atoms with E-state index >= 15 is 0 Å². The summed E-state index contributed by atoms with van der Waals surface area (Å²) >= 11 is 9.58. The highest BCUT2D eigenvalue weighted by Gasteiger charge is 2.14. The molecule has 0 saturated heterocycles. The third-order valence-corrected chi connectivity index (χ3v) is 3.22. The van der Waals surface area contributed by atoms with Gasteiger partial charge in [-0.05, 0) is 52.7 Å². The van der Waals surface area contributed by atoms with Crippen LogP contribution in [0.15, 0.2) is 45.5 Å². The van der Waals surface area contributed by atoms with E-state index in [1.165, 1.54) is 0 Å². The summed E-state index contributed by atoms with van der Waals surface area (Å²) in [6, 6.07) is 11.4. The minimum absolute atomic E-state index is 0.281. The lowest BCUT2D eigenvalue weighted by atomic mass is 10.1. The Kier molecular flexibility index (Phi) is 4.13. The SMILES string of the molecule is CCOc1ccc(C(Cl)c2ccc(Br)o2)cc1. The number of alkyl halides is 1. The average molecular weight is 316 g/mol. The molecule has 1 aromatic carbocycles. The Labute approximate surface area is 114 Å². The van der Waals surface area contributed by atoms with Crippen molar-refractivity contribution in [2.75, 3.05) is 6.61 Å². The first-order valence-corrected chi connectivity index (χ1v) is 6.55. The summed E-state index contributed by atoms with van der Waals surface area (Å²) in [5.41, 5.74) is 0.983. The molecule has 2 nitrogen and oxygen atoms in total. The Morgan fingerprint density at radius 2 is 1.94 bits per heavy atom. The van der Waals surface area contributed by atoms with E-state index in [1.54, 1.807) is 0 Å². The highest BCUT2D eigenvalue weighted by atomic mass is 79.9. The molecular formula is C13H12BrClO2. The van der Waals surface area contributed by atoms with Crippen molar-refractivity contribution in [1.29, 1.82) is 0 Å². The Bertz CT molecular complexity index is 478. The molecule has 4 heteroatoms. The minimum atomic E-state index is -0.281. The van der Waals surface area contributed by atoms with E-state index in [9.17, 15) is 0 Å². The molecule has 0 fully saturated rings. The number of benzene rings is 1. The quantitative estimate of drug-likeness (QED) is 0.758. The average Bonchev–Trinajstić information content (AvgIpc) is 2.76. The number of hydrogen-bond donors (Lipinski definition) is 0. The highest BCUT2D eigenvalue weighted by molar-refractivity contribution is 9.10. The molecule has 0 amide bonds. The maximum Gasteiger partial charge on any atom is 0.169 e. The van der Waals surface area contributed by atoms with Crippen LogP contribution >= 0.6 is 27.5 Å². The first-order valence-electron chi connectivity index (χ1n) is 5.32. The molecule has 0 spiro atoms. The summed E-state index contributed by atoms with van der Waals surface area (Å²) in [6.07, 6.45) is 0. The van der Waals surface area contributed by atoms with E-state index in [2.05, 4.69) is 15.9 Å². The second-order valence-corrected chi connectivity index (χ2v) is 4.72. The van der Waals surface area contributed by atoms with Gasteiger partial charge in [-0.25, -0.2) is 0 Å². The molecule has 0 radical (unpaired) electrons. The van der Waals surface area contributed by atoms with E-state index in [0.29, 0.717) is 11.3 Å². The van der Waals surface area contributed by atoms with E-state index in [4.69, 9.17) is 20.8 Å². The molecule has 17 heavy (non-hydrogen) atoms. The molecule has 2 aromatic rings. The summed E-state index contributed by atoms with van der Waals surface area (Å²) in [4.78, 5) is 0. The zero-order valence-electron chi connectivity index (χ0n) is 9.32. The van der Waals surface area contributed by atoms with Gasteiger partial charge in [0.1, 0.15) is 16.9 Å². The lowest BCUT2D eigenvalue weighted by Crippen LogP contribution is -1.94. The number of furan rings is 1. The molecule has 1 atom stereocenters. The predicted molar refractivity (Wildman–Crippen MR) is 71.7 cm³/mol. The monoisotopic (exact) mass is 314 g/mol. The first kappa shape index (κ1) is 12.5. The van der Waals surface area contributed by atoms with Crippen molar-refractivity contribution in [3.8, 4) is 5.75 Å². The summed E-state index contributed by atoms with van der Waals surface area (Å²) in [7, 11) is 0. The molecule has 90 valence electrons. The second-order valence-electron chi connectivity index (χ2n) is 3.51. The summed E-state index contributed by atoms with van der Waals surface area (Å²) in [5.74, 6) is 1.57. The lowest BCUT2D eigenvalue weighted by Gasteiger charge is -2.08. The standard InChI is InChI=1S/C13H12BrClO2/c1-2-16-10-5-3-9(4-6-10)13(15)11-7-8-12(14)17-11/h3-8,13H,2H2,1H3. The molecule has 0 aliphatic heterocycles. The molecule has 1 aromatic heterocycles. The van der Waals surface area contributed by atoms with Gasteiger partial charge in [0, 0.05) is 0 Å². The molecule has 0 bridgehead atoms. The Morgan fingerprint density at radius 3 is 2.47 bits per heavy atom. The van der Waals surface area contributed by atoms with Crippen LogP contribution in [-0.2, 0) is 0 Å². The van der Waals surface area contributed by atoms with Gasteiger partial charge < -0.3 is 9.15 Å². The first-order chi connectivity index (χ1) is 8.20. The molecule has 0 N–H and O–H groups in total.